The Morgan fingerprint density at radius 3 is 2.04 bits per heavy atom. The fraction of sp³-hybridized carbons (Fsp3) is 0.250. The number of rotatable bonds is 9. The molecule has 0 aliphatic rings. The second-order valence-electron chi connectivity index (χ2n) is 5.44. The summed E-state index contributed by atoms with van der Waals surface area (Å²) in [6, 6.07) is 14.0. The van der Waals surface area contributed by atoms with E-state index in [1.807, 2.05) is 38.1 Å². The highest BCUT2D eigenvalue weighted by Gasteiger charge is 2.07. The third-order valence-corrected chi connectivity index (χ3v) is 3.43. The first-order valence-corrected chi connectivity index (χ1v) is 8.68. The van der Waals surface area contributed by atoms with Crippen molar-refractivity contribution in [3.63, 3.8) is 0 Å². The van der Waals surface area contributed by atoms with Crippen LogP contribution in [0, 0.1) is 0 Å². The molecule has 2 amide bonds. The fourth-order valence-electron chi connectivity index (χ4n) is 2.17. The zero-order valence-electron chi connectivity index (χ0n) is 15.4. The summed E-state index contributed by atoms with van der Waals surface area (Å²) < 4.78 is 10.7. The SMILES string of the molecule is CCOc1ccc(/C=N/NC(=O)CNC(=O)c2ccc(OCC)cc2)cc1. The summed E-state index contributed by atoms with van der Waals surface area (Å²) in [7, 11) is 0. The maximum Gasteiger partial charge on any atom is 0.259 e. The second-order valence-corrected chi connectivity index (χ2v) is 5.44. The minimum Gasteiger partial charge on any atom is -0.494 e. The molecular formula is C20H23N3O4. The van der Waals surface area contributed by atoms with Crippen LogP contribution < -0.4 is 20.2 Å². The van der Waals surface area contributed by atoms with Crippen LogP contribution in [0.1, 0.15) is 29.8 Å². The summed E-state index contributed by atoms with van der Waals surface area (Å²) in [4.78, 5) is 23.8. The van der Waals surface area contributed by atoms with Gasteiger partial charge in [-0.25, -0.2) is 5.43 Å². The zero-order valence-corrected chi connectivity index (χ0v) is 15.4. The molecule has 0 fully saturated rings. The maximum absolute atomic E-state index is 12.0. The van der Waals surface area contributed by atoms with Crippen LogP contribution in [0.3, 0.4) is 0 Å². The third kappa shape index (κ3) is 6.81. The number of nitrogens with one attached hydrogen (secondary N) is 2. The van der Waals surface area contributed by atoms with Gasteiger partial charge in [-0.3, -0.25) is 9.59 Å². The molecule has 0 bridgehead atoms. The number of benzene rings is 2. The lowest BCUT2D eigenvalue weighted by Crippen LogP contribution is -2.34. The number of hydrazone groups is 1. The van der Waals surface area contributed by atoms with Crippen LogP contribution in [0.5, 0.6) is 11.5 Å². The van der Waals surface area contributed by atoms with Crippen molar-refractivity contribution >= 4 is 18.0 Å². The smallest absolute Gasteiger partial charge is 0.259 e. The number of nitrogens with zero attached hydrogens (tertiary/aromatic N) is 1. The van der Waals surface area contributed by atoms with Crippen molar-refractivity contribution in [2.45, 2.75) is 13.8 Å². The van der Waals surface area contributed by atoms with Crippen LogP contribution in [0.25, 0.3) is 0 Å². The lowest BCUT2D eigenvalue weighted by atomic mass is 10.2. The minimum absolute atomic E-state index is 0.174. The van der Waals surface area contributed by atoms with Gasteiger partial charge in [-0.2, -0.15) is 5.10 Å². The molecule has 7 nitrogen and oxygen atoms in total. The Bertz CT molecular complexity index is 771. The molecule has 2 rings (SSSR count). The Hall–Kier alpha value is -3.35. The molecule has 142 valence electrons. The van der Waals surface area contributed by atoms with Crippen molar-refractivity contribution in [1.82, 2.24) is 10.7 Å². The quantitative estimate of drug-likeness (QED) is 0.525. The van der Waals surface area contributed by atoms with Gasteiger partial charge >= 0.3 is 0 Å². The van der Waals surface area contributed by atoms with E-state index in [0.29, 0.717) is 24.5 Å². The van der Waals surface area contributed by atoms with Gasteiger partial charge in [-0.15, -0.1) is 0 Å². The third-order valence-electron chi connectivity index (χ3n) is 3.43. The first-order valence-electron chi connectivity index (χ1n) is 8.68. The molecule has 0 unspecified atom stereocenters. The standard InChI is InChI=1S/C20H23N3O4/c1-3-26-17-9-5-15(6-10-17)13-22-23-19(24)14-21-20(25)16-7-11-18(12-8-16)27-4-2/h5-13H,3-4,14H2,1-2H3,(H,21,25)(H,23,24)/b22-13+. The van der Waals surface area contributed by atoms with Crippen LogP contribution in [0.2, 0.25) is 0 Å². The van der Waals surface area contributed by atoms with E-state index >= 15 is 0 Å². The van der Waals surface area contributed by atoms with Gasteiger partial charge in [0.2, 0.25) is 0 Å². The Morgan fingerprint density at radius 1 is 0.926 bits per heavy atom. The number of ether oxygens (including phenoxy) is 2. The lowest BCUT2D eigenvalue weighted by Gasteiger charge is -2.06. The molecule has 0 heterocycles. The summed E-state index contributed by atoms with van der Waals surface area (Å²) in [6.45, 7) is 4.79. The Balaban J connectivity index is 1.75. The van der Waals surface area contributed by atoms with Crippen molar-refractivity contribution in [2.75, 3.05) is 19.8 Å². The summed E-state index contributed by atoms with van der Waals surface area (Å²) >= 11 is 0. The lowest BCUT2D eigenvalue weighted by molar-refractivity contribution is -0.120. The van der Waals surface area contributed by atoms with Crippen LogP contribution in [0.4, 0.5) is 0 Å². The number of carbonyl (C=O) groups excluding carboxylic acids is 2. The normalized spacial score (nSPS) is 10.4. The Kier molecular flexibility index (Phi) is 7.84. The minimum atomic E-state index is -0.420. The van der Waals surface area contributed by atoms with Gasteiger partial charge in [-0.1, -0.05) is 0 Å². The molecule has 0 aromatic heterocycles. The zero-order chi connectivity index (χ0) is 19.5. The van der Waals surface area contributed by atoms with Crippen molar-refractivity contribution in [1.29, 1.82) is 0 Å². The average molecular weight is 369 g/mol. The van der Waals surface area contributed by atoms with Gasteiger partial charge in [-0.05, 0) is 67.9 Å². The summed E-state index contributed by atoms with van der Waals surface area (Å²) in [5, 5.41) is 6.40. The van der Waals surface area contributed by atoms with Gasteiger partial charge < -0.3 is 14.8 Å². The van der Waals surface area contributed by atoms with Gasteiger partial charge in [0.25, 0.3) is 11.8 Å². The monoisotopic (exact) mass is 369 g/mol. The molecule has 2 aromatic rings. The molecule has 0 saturated carbocycles. The van der Waals surface area contributed by atoms with E-state index in [1.54, 1.807) is 24.3 Å². The Labute approximate surface area is 158 Å². The number of carbonyl (C=O) groups is 2. The highest BCUT2D eigenvalue weighted by atomic mass is 16.5. The van der Waals surface area contributed by atoms with Gasteiger partial charge in [0.1, 0.15) is 11.5 Å². The second kappa shape index (κ2) is 10.6. The molecule has 27 heavy (non-hydrogen) atoms. The Morgan fingerprint density at radius 2 is 1.48 bits per heavy atom. The predicted octanol–water partition coefficient (Wildman–Crippen LogP) is 2.36. The van der Waals surface area contributed by atoms with Gasteiger partial charge in [0.05, 0.1) is 26.0 Å². The fourth-order valence-corrected chi connectivity index (χ4v) is 2.17. The molecule has 0 radical (unpaired) electrons. The van der Waals surface area contributed by atoms with E-state index in [4.69, 9.17) is 9.47 Å². The highest BCUT2D eigenvalue weighted by Crippen LogP contribution is 2.12. The molecule has 0 spiro atoms. The van der Waals surface area contributed by atoms with Crippen molar-refractivity contribution in [3.05, 3.63) is 59.7 Å². The van der Waals surface area contributed by atoms with E-state index in [1.165, 1.54) is 6.21 Å². The number of amides is 2. The molecule has 2 aromatic carbocycles. The number of hydrogen-bond donors (Lipinski definition) is 2. The molecule has 0 aliphatic heterocycles. The largest absolute Gasteiger partial charge is 0.494 e. The molecule has 0 aliphatic carbocycles. The topological polar surface area (TPSA) is 89.0 Å². The molecular weight excluding hydrogens is 346 g/mol. The molecule has 2 N–H and O–H groups in total. The van der Waals surface area contributed by atoms with Crippen LogP contribution in [0.15, 0.2) is 53.6 Å². The van der Waals surface area contributed by atoms with Crippen molar-refractivity contribution in [3.8, 4) is 11.5 Å². The van der Waals surface area contributed by atoms with Crippen LogP contribution >= 0.6 is 0 Å². The van der Waals surface area contributed by atoms with Crippen molar-refractivity contribution in [2.24, 2.45) is 5.10 Å². The summed E-state index contributed by atoms with van der Waals surface area (Å²) in [5.41, 5.74) is 3.63. The van der Waals surface area contributed by atoms with Gasteiger partial charge in [0, 0.05) is 5.56 Å². The highest BCUT2D eigenvalue weighted by molar-refractivity contribution is 5.96. The van der Waals surface area contributed by atoms with Gasteiger partial charge in [0.15, 0.2) is 0 Å². The molecule has 0 atom stereocenters. The maximum atomic E-state index is 12.0. The van der Waals surface area contributed by atoms with E-state index in [9.17, 15) is 9.59 Å². The van der Waals surface area contributed by atoms with E-state index in [0.717, 1.165) is 11.3 Å². The van der Waals surface area contributed by atoms with E-state index < -0.39 is 5.91 Å². The first kappa shape index (κ1) is 20.0. The van der Waals surface area contributed by atoms with E-state index in [2.05, 4.69) is 15.8 Å². The molecule has 7 heteroatoms. The van der Waals surface area contributed by atoms with Crippen LogP contribution in [-0.4, -0.2) is 37.8 Å². The van der Waals surface area contributed by atoms with E-state index in [-0.39, 0.29) is 12.5 Å². The summed E-state index contributed by atoms with van der Waals surface area (Å²) in [6.07, 6.45) is 1.52. The molecule has 0 saturated heterocycles. The summed E-state index contributed by atoms with van der Waals surface area (Å²) in [5.74, 6) is 0.700. The average Bonchev–Trinajstić information content (AvgIpc) is 2.68. The van der Waals surface area contributed by atoms with Crippen LogP contribution in [-0.2, 0) is 4.79 Å². The van der Waals surface area contributed by atoms with Crippen molar-refractivity contribution < 1.29 is 19.1 Å². The first-order chi connectivity index (χ1) is 13.1. The number of hydrogen-bond acceptors (Lipinski definition) is 5. The predicted molar refractivity (Wildman–Crippen MR) is 103 cm³/mol.